The lowest BCUT2D eigenvalue weighted by atomic mass is 10.3. The summed E-state index contributed by atoms with van der Waals surface area (Å²) in [5.74, 6) is -0.0496. The average Bonchev–Trinajstić information content (AvgIpc) is 2.89. The van der Waals surface area contributed by atoms with Crippen molar-refractivity contribution in [3.8, 4) is 0 Å². The summed E-state index contributed by atoms with van der Waals surface area (Å²) in [7, 11) is 1.56. The zero-order valence-corrected chi connectivity index (χ0v) is 13.0. The van der Waals surface area contributed by atoms with Crippen LogP contribution in [0.15, 0.2) is 12.3 Å². The molecule has 2 amide bonds. The molecule has 0 fully saturated rings. The molecular weight excluding hydrogens is 284 g/mol. The van der Waals surface area contributed by atoms with Crippen molar-refractivity contribution in [1.29, 1.82) is 0 Å². The number of nitrogens with zero attached hydrogens (tertiary/aromatic N) is 5. The van der Waals surface area contributed by atoms with Crippen molar-refractivity contribution in [2.75, 3.05) is 20.1 Å². The van der Waals surface area contributed by atoms with Crippen LogP contribution < -0.4 is 5.32 Å². The summed E-state index contributed by atoms with van der Waals surface area (Å²) >= 11 is 0. The van der Waals surface area contributed by atoms with E-state index in [-0.39, 0.29) is 24.2 Å². The molecule has 0 spiro atoms. The summed E-state index contributed by atoms with van der Waals surface area (Å²) in [6, 6.07) is 1.77. The number of rotatable bonds is 6. The Kier molecular flexibility index (Phi) is 5.03. The molecular formula is C14H20N6O2. The lowest BCUT2D eigenvalue weighted by molar-refractivity contribution is -0.121. The fourth-order valence-corrected chi connectivity index (χ4v) is 1.94. The van der Waals surface area contributed by atoms with Crippen molar-refractivity contribution in [2.45, 2.75) is 26.7 Å². The Morgan fingerprint density at radius 3 is 2.86 bits per heavy atom. The minimum Gasteiger partial charge on any atom is -0.355 e. The van der Waals surface area contributed by atoms with E-state index in [2.05, 4.69) is 20.5 Å². The molecule has 0 bridgehead atoms. The summed E-state index contributed by atoms with van der Waals surface area (Å²) < 4.78 is 1.51. The number of carbonyl (C=O) groups is 2. The van der Waals surface area contributed by atoms with Gasteiger partial charge in [-0.15, -0.1) is 10.2 Å². The topological polar surface area (TPSA) is 92.5 Å². The van der Waals surface area contributed by atoms with Gasteiger partial charge in [-0.3, -0.25) is 14.0 Å². The second kappa shape index (κ2) is 6.97. The van der Waals surface area contributed by atoms with E-state index in [9.17, 15) is 9.59 Å². The molecule has 0 atom stereocenters. The van der Waals surface area contributed by atoms with Crippen LogP contribution >= 0.6 is 0 Å². The maximum absolute atomic E-state index is 12.4. The Bertz CT molecular complexity index is 681. The van der Waals surface area contributed by atoms with Gasteiger partial charge >= 0.3 is 0 Å². The molecule has 8 heteroatoms. The Morgan fingerprint density at radius 2 is 2.14 bits per heavy atom. The van der Waals surface area contributed by atoms with Gasteiger partial charge in [-0.2, -0.15) is 0 Å². The second-order valence-corrected chi connectivity index (χ2v) is 5.13. The van der Waals surface area contributed by atoms with E-state index >= 15 is 0 Å². The van der Waals surface area contributed by atoms with E-state index in [1.807, 2.05) is 13.8 Å². The van der Waals surface area contributed by atoms with Gasteiger partial charge in [0.05, 0.1) is 6.54 Å². The molecule has 2 heterocycles. The van der Waals surface area contributed by atoms with E-state index < -0.39 is 0 Å². The van der Waals surface area contributed by atoms with Crippen LogP contribution in [0.3, 0.4) is 0 Å². The Labute approximate surface area is 128 Å². The minimum absolute atomic E-state index is 0.0171. The van der Waals surface area contributed by atoms with Crippen LogP contribution in [-0.4, -0.2) is 56.4 Å². The van der Waals surface area contributed by atoms with Crippen LogP contribution in [0.4, 0.5) is 0 Å². The Hall–Kier alpha value is -2.51. The third-order valence-electron chi connectivity index (χ3n) is 3.19. The van der Waals surface area contributed by atoms with E-state index in [0.29, 0.717) is 12.3 Å². The van der Waals surface area contributed by atoms with Crippen molar-refractivity contribution < 1.29 is 9.59 Å². The first kappa shape index (κ1) is 15.9. The molecule has 0 aromatic carbocycles. The van der Waals surface area contributed by atoms with Gasteiger partial charge in [-0.25, -0.2) is 4.98 Å². The first-order chi connectivity index (χ1) is 10.5. The van der Waals surface area contributed by atoms with E-state index in [1.54, 1.807) is 19.3 Å². The number of unbranched alkanes of at least 4 members (excludes halogenated alkanes) is 1. The molecule has 22 heavy (non-hydrogen) atoms. The number of likely N-dealkylation sites (N-methyl/N-ethyl adjacent to an activating group) is 1. The van der Waals surface area contributed by atoms with Gasteiger partial charge in [0, 0.05) is 25.5 Å². The highest BCUT2D eigenvalue weighted by molar-refractivity contribution is 5.93. The van der Waals surface area contributed by atoms with E-state index in [4.69, 9.17) is 0 Å². The third-order valence-corrected chi connectivity index (χ3v) is 3.19. The highest BCUT2D eigenvalue weighted by Gasteiger charge is 2.20. The van der Waals surface area contributed by atoms with Gasteiger partial charge in [0.2, 0.25) is 11.7 Å². The molecule has 8 nitrogen and oxygen atoms in total. The van der Waals surface area contributed by atoms with Crippen molar-refractivity contribution in [1.82, 2.24) is 29.8 Å². The number of hydrogen-bond donors (Lipinski definition) is 1. The van der Waals surface area contributed by atoms with Crippen molar-refractivity contribution in [3.05, 3.63) is 23.8 Å². The maximum atomic E-state index is 12.4. The van der Waals surface area contributed by atoms with Crippen molar-refractivity contribution >= 4 is 17.6 Å². The predicted octanol–water partition coefficient (Wildman–Crippen LogP) is 0.421. The van der Waals surface area contributed by atoms with Gasteiger partial charge in [-0.1, -0.05) is 13.3 Å². The molecule has 118 valence electrons. The number of carbonyl (C=O) groups excluding carboxylic acids is 2. The smallest absolute Gasteiger partial charge is 0.292 e. The average molecular weight is 304 g/mol. The number of amides is 2. The summed E-state index contributed by atoms with van der Waals surface area (Å²) in [4.78, 5) is 29.6. The Morgan fingerprint density at radius 1 is 1.36 bits per heavy atom. The Balaban J connectivity index is 2.04. The minimum atomic E-state index is -0.371. The van der Waals surface area contributed by atoms with Crippen LogP contribution in [0.25, 0.3) is 5.78 Å². The molecule has 0 saturated heterocycles. The number of fused-ring (bicyclic) bond motifs is 1. The molecule has 1 N–H and O–H groups in total. The normalized spacial score (nSPS) is 10.7. The van der Waals surface area contributed by atoms with Crippen LogP contribution in [-0.2, 0) is 4.79 Å². The molecule has 0 aliphatic carbocycles. The standard InChI is InChI=1S/C14H20N6O2/c1-4-5-7-15-11(21)9-19(3)13(22)12-17-18-14-16-10(2)6-8-20(12)14/h6,8H,4-5,7,9H2,1-3H3,(H,15,21). The summed E-state index contributed by atoms with van der Waals surface area (Å²) in [6.45, 7) is 4.49. The largest absolute Gasteiger partial charge is 0.355 e. The number of nitrogens with one attached hydrogen (secondary N) is 1. The second-order valence-electron chi connectivity index (χ2n) is 5.13. The van der Waals surface area contributed by atoms with Gasteiger partial charge in [-0.05, 0) is 19.4 Å². The van der Waals surface area contributed by atoms with Gasteiger partial charge in [0.25, 0.3) is 11.7 Å². The molecule has 0 unspecified atom stereocenters. The first-order valence-corrected chi connectivity index (χ1v) is 7.23. The van der Waals surface area contributed by atoms with Gasteiger partial charge < -0.3 is 10.2 Å². The maximum Gasteiger partial charge on any atom is 0.292 e. The van der Waals surface area contributed by atoms with E-state index in [1.165, 1.54) is 9.30 Å². The highest BCUT2D eigenvalue weighted by atomic mass is 16.2. The first-order valence-electron chi connectivity index (χ1n) is 7.23. The summed E-state index contributed by atoms with van der Waals surface area (Å²) in [5, 5.41) is 10.5. The quantitative estimate of drug-likeness (QED) is 0.781. The zero-order chi connectivity index (χ0) is 16.1. The lowest BCUT2D eigenvalue weighted by Crippen LogP contribution is -2.39. The zero-order valence-electron chi connectivity index (χ0n) is 13.0. The SMILES string of the molecule is CCCCNC(=O)CN(C)C(=O)c1nnc2nc(C)ccn12. The van der Waals surface area contributed by atoms with Gasteiger partial charge in [0.1, 0.15) is 0 Å². The molecule has 2 rings (SSSR count). The van der Waals surface area contributed by atoms with Gasteiger partial charge in [0.15, 0.2) is 0 Å². The summed E-state index contributed by atoms with van der Waals surface area (Å²) in [5.41, 5.74) is 0.794. The highest BCUT2D eigenvalue weighted by Crippen LogP contribution is 2.05. The lowest BCUT2D eigenvalue weighted by Gasteiger charge is -2.15. The van der Waals surface area contributed by atoms with Crippen LogP contribution in [0.5, 0.6) is 0 Å². The molecule has 0 aliphatic heterocycles. The van der Waals surface area contributed by atoms with Crippen LogP contribution in [0, 0.1) is 6.92 Å². The number of aryl methyl sites for hydroxylation is 1. The third kappa shape index (κ3) is 3.57. The fraction of sp³-hybridized carbons (Fsp3) is 0.500. The molecule has 0 saturated carbocycles. The molecule has 0 aliphatic rings. The molecule has 2 aromatic rings. The van der Waals surface area contributed by atoms with Crippen molar-refractivity contribution in [2.24, 2.45) is 0 Å². The van der Waals surface area contributed by atoms with E-state index in [0.717, 1.165) is 18.5 Å². The number of hydrogen-bond acceptors (Lipinski definition) is 5. The fourth-order valence-electron chi connectivity index (χ4n) is 1.94. The van der Waals surface area contributed by atoms with Crippen molar-refractivity contribution in [3.63, 3.8) is 0 Å². The van der Waals surface area contributed by atoms with Crippen LogP contribution in [0.1, 0.15) is 36.1 Å². The monoisotopic (exact) mass is 304 g/mol. The summed E-state index contributed by atoms with van der Waals surface area (Å²) in [6.07, 6.45) is 3.62. The molecule has 2 aromatic heterocycles. The van der Waals surface area contributed by atoms with Crippen LogP contribution in [0.2, 0.25) is 0 Å². The number of aromatic nitrogens is 4. The predicted molar refractivity (Wildman–Crippen MR) is 80.4 cm³/mol. The molecule has 0 radical (unpaired) electrons.